The highest BCUT2D eigenvalue weighted by Crippen LogP contribution is 2.36. The molecule has 0 atom stereocenters. The van der Waals surface area contributed by atoms with Crippen LogP contribution in [0.2, 0.25) is 5.15 Å². The topological polar surface area (TPSA) is 126 Å². The van der Waals surface area contributed by atoms with Crippen molar-refractivity contribution >= 4 is 39.5 Å². The van der Waals surface area contributed by atoms with Gasteiger partial charge in [0.05, 0.1) is 23.8 Å². The summed E-state index contributed by atoms with van der Waals surface area (Å²) >= 11 is 6.49. The third-order valence-electron chi connectivity index (χ3n) is 6.38. The normalized spacial score (nSPS) is 11.5. The molecule has 5 rings (SSSR count). The Hall–Kier alpha value is -4.35. The first-order chi connectivity index (χ1) is 18.7. The van der Waals surface area contributed by atoms with E-state index in [0.717, 1.165) is 0 Å². The molecule has 0 aliphatic rings. The van der Waals surface area contributed by atoms with Crippen LogP contribution in [-0.4, -0.2) is 62.6 Å². The van der Waals surface area contributed by atoms with Gasteiger partial charge in [-0.25, -0.2) is 19.2 Å². The van der Waals surface area contributed by atoms with E-state index >= 15 is 0 Å². The van der Waals surface area contributed by atoms with Gasteiger partial charge >= 0.3 is 5.97 Å². The number of H-pyrrole nitrogens is 2. The maximum Gasteiger partial charge on any atom is 0.355 e. The first-order valence-corrected chi connectivity index (χ1v) is 12.4. The van der Waals surface area contributed by atoms with Crippen molar-refractivity contribution < 1.29 is 13.9 Å². The number of likely N-dealkylation sites (N-methyl/N-ethyl adjacent to an activating group) is 1. The van der Waals surface area contributed by atoms with Crippen LogP contribution in [0.15, 0.2) is 52.4 Å². The van der Waals surface area contributed by atoms with Gasteiger partial charge in [-0.05, 0) is 56.9 Å². The van der Waals surface area contributed by atoms with Gasteiger partial charge in [0.2, 0.25) is 0 Å². The summed E-state index contributed by atoms with van der Waals surface area (Å²) in [6, 6.07) is 7.65. The van der Waals surface area contributed by atoms with E-state index in [9.17, 15) is 18.8 Å². The number of nitrogens with zero attached hydrogens (tertiary/aromatic N) is 4. The minimum atomic E-state index is -0.700. The summed E-state index contributed by atoms with van der Waals surface area (Å²) < 4.78 is 22.1. The molecule has 0 aliphatic carbocycles. The number of nitrogens with one attached hydrogen (secondary N) is 2. The Bertz CT molecular complexity index is 1860. The quantitative estimate of drug-likeness (QED) is 0.235. The van der Waals surface area contributed by atoms with Crippen molar-refractivity contribution in [3.8, 4) is 11.1 Å². The van der Waals surface area contributed by atoms with Crippen molar-refractivity contribution in [3.63, 3.8) is 0 Å². The minimum absolute atomic E-state index is 0.0433. The zero-order valence-electron chi connectivity index (χ0n) is 21.3. The van der Waals surface area contributed by atoms with E-state index in [1.165, 1.54) is 29.2 Å². The summed E-state index contributed by atoms with van der Waals surface area (Å²) in [6.07, 6.45) is 2.71. The largest absolute Gasteiger partial charge is 0.460 e. The number of esters is 1. The SMILES string of the molecule is Cc1cc2c(-c3ccc[nH]c3=O)c(C(=O)OCCN(C)C)n(Cc3cc4c(=O)[nH]cnc4nc3Cl)c2cc1F. The molecule has 2 N–H and O–H groups in total. The third kappa shape index (κ3) is 4.93. The van der Waals surface area contributed by atoms with Crippen LogP contribution >= 0.6 is 11.6 Å². The molecule has 0 fully saturated rings. The summed E-state index contributed by atoms with van der Waals surface area (Å²) in [7, 11) is 3.69. The van der Waals surface area contributed by atoms with Crippen LogP contribution in [0.1, 0.15) is 21.6 Å². The molecule has 0 bridgehead atoms. The zero-order chi connectivity index (χ0) is 27.8. The Morgan fingerprint density at radius 3 is 2.69 bits per heavy atom. The number of aryl methyl sites for hydroxylation is 1. The molecule has 4 heterocycles. The average Bonchev–Trinajstić information content (AvgIpc) is 3.18. The van der Waals surface area contributed by atoms with Crippen molar-refractivity contribution in [2.24, 2.45) is 0 Å². The Labute approximate surface area is 226 Å². The number of rotatable bonds is 7. The molecule has 0 aliphatic heterocycles. The molecule has 0 spiro atoms. The van der Waals surface area contributed by atoms with E-state index in [2.05, 4.69) is 19.9 Å². The van der Waals surface area contributed by atoms with Crippen molar-refractivity contribution in [3.05, 3.63) is 91.4 Å². The van der Waals surface area contributed by atoms with E-state index in [-0.39, 0.29) is 40.6 Å². The van der Waals surface area contributed by atoms with E-state index in [4.69, 9.17) is 16.3 Å². The highest BCUT2D eigenvalue weighted by molar-refractivity contribution is 6.30. The van der Waals surface area contributed by atoms with Crippen LogP contribution in [0.4, 0.5) is 4.39 Å². The number of halogens is 2. The summed E-state index contributed by atoms with van der Waals surface area (Å²) in [5.41, 5.74) is 0.943. The molecule has 0 saturated carbocycles. The van der Waals surface area contributed by atoms with Gasteiger partial charge < -0.3 is 24.2 Å². The Kier molecular flexibility index (Phi) is 7.02. The number of carbonyl (C=O) groups excluding carboxylic acids is 1. The van der Waals surface area contributed by atoms with Crippen LogP contribution in [0.5, 0.6) is 0 Å². The summed E-state index contributed by atoms with van der Waals surface area (Å²) in [6.45, 7) is 2.09. The number of fused-ring (bicyclic) bond motifs is 2. The van der Waals surface area contributed by atoms with Crippen molar-refractivity contribution in [1.29, 1.82) is 0 Å². The van der Waals surface area contributed by atoms with Gasteiger partial charge in [-0.15, -0.1) is 0 Å². The number of hydrogen-bond acceptors (Lipinski definition) is 7. The van der Waals surface area contributed by atoms with Crippen LogP contribution in [-0.2, 0) is 11.3 Å². The number of aromatic nitrogens is 5. The van der Waals surface area contributed by atoms with Crippen LogP contribution in [0.3, 0.4) is 0 Å². The molecule has 0 amide bonds. The zero-order valence-corrected chi connectivity index (χ0v) is 22.1. The molecule has 4 aromatic heterocycles. The molecule has 0 saturated heterocycles. The lowest BCUT2D eigenvalue weighted by molar-refractivity contribution is 0.0471. The molecule has 200 valence electrons. The first-order valence-electron chi connectivity index (χ1n) is 12.0. The highest BCUT2D eigenvalue weighted by Gasteiger charge is 2.28. The monoisotopic (exact) mass is 550 g/mol. The Morgan fingerprint density at radius 1 is 1.15 bits per heavy atom. The van der Waals surface area contributed by atoms with Crippen molar-refractivity contribution in [2.45, 2.75) is 13.5 Å². The molecule has 10 nitrogen and oxygen atoms in total. The second kappa shape index (κ2) is 10.4. The third-order valence-corrected chi connectivity index (χ3v) is 6.71. The van der Waals surface area contributed by atoms with Crippen molar-refractivity contribution in [1.82, 2.24) is 29.4 Å². The second-order valence-corrected chi connectivity index (χ2v) is 9.68. The lowest BCUT2D eigenvalue weighted by Gasteiger charge is -2.14. The molecule has 5 aromatic rings. The van der Waals surface area contributed by atoms with Crippen LogP contribution in [0.25, 0.3) is 33.1 Å². The second-order valence-electron chi connectivity index (χ2n) is 9.32. The maximum atomic E-state index is 14.9. The van der Waals surface area contributed by atoms with Gasteiger partial charge in [0, 0.05) is 34.8 Å². The van der Waals surface area contributed by atoms with Gasteiger partial charge in [-0.2, -0.15) is 0 Å². The first kappa shape index (κ1) is 26.3. The van der Waals surface area contributed by atoms with Gasteiger partial charge in [0.15, 0.2) is 5.65 Å². The number of ether oxygens (including phenoxy) is 1. The lowest BCUT2D eigenvalue weighted by Crippen LogP contribution is -2.22. The number of pyridine rings is 2. The summed E-state index contributed by atoms with van der Waals surface area (Å²) in [4.78, 5) is 54.3. The molecular formula is C27H24ClFN6O4. The highest BCUT2D eigenvalue weighted by atomic mass is 35.5. The van der Waals surface area contributed by atoms with Crippen molar-refractivity contribution in [2.75, 3.05) is 27.2 Å². The molecule has 0 unspecified atom stereocenters. The van der Waals surface area contributed by atoms with Gasteiger partial charge in [-0.1, -0.05) is 11.6 Å². The predicted octanol–water partition coefficient (Wildman–Crippen LogP) is 3.50. The van der Waals surface area contributed by atoms with E-state index in [1.807, 2.05) is 19.0 Å². The van der Waals surface area contributed by atoms with Gasteiger partial charge in [0.1, 0.15) is 23.3 Å². The molecule has 12 heteroatoms. The minimum Gasteiger partial charge on any atom is -0.460 e. The lowest BCUT2D eigenvalue weighted by atomic mass is 10.0. The van der Waals surface area contributed by atoms with Crippen LogP contribution < -0.4 is 11.1 Å². The van der Waals surface area contributed by atoms with E-state index in [0.29, 0.717) is 34.1 Å². The summed E-state index contributed by atoms with van der Waals surface area (Å²) in [5, 5.41) is 0.737. The fourth-order valence-electron chi connectivity index (χ4n) is 4.43. The number of hydrogen-bond donors (Lipinski definition) is 2. The standard InChI is InChI=1S/C27H24ClFN6O4/c1-14-9-17-20(11-19(14)29)35(12-15-10-18-24(33-23(15)28)31-13-32-26(18)37)22(27(38)39-8-7-34(2)3)21(17)16-5-4-6-30-25(16)36/h4-6,9-11,13H,7-8,12H2,1-3H3,(H,30,36)(H,31,32,33,37). The fraction of sp³-hybridized carbons (Fsp3) is 0.222. The van der Waals surface area contributed by atoms with Gasteiger partial charge in [0.25, 0.3) is 11.1 Å². The van der Waals surface area contributed by atoms with Gasteiger partial charge in [-0.3, -0.25) is 9.59 Å². The maximum absolute atomic E-state index is 14.9. The average molecular weight is 551 g/mol. The van der Waals surface area contributed by atoms with Crippen LogP contribution in [0, 0.1) is 12.7 Å². The van der Waals surface area contributed by atoms with E-state index < -0.39 is 22.9 Å². The predicted molar refractivity (Wildman–Crippen MR) is 146 cm³/mol. The number of carbonyl (C=O) groups is 1. The number of benzene rings is 1. The number of aromatic amines is 2. The Morgan fingerprint density at radius 2 is 1.95 bits per heavy atom. The molecular weight excluding hydrogens is 527 g/mol. The smallest absolute Gasteiger partial charge is 0.355 e. The molecule has 0 radical (unpaired) electrons. The molecule has 39 heavy (non-hydrogen) atoms. The summed E-state index contributed by atoms with van der Waals surface area (Å²) in [5.74, 6) is -1.19. The Balaban J connectivity index is 1.80. The fourth-order valence-corrected chi connectivity index (χ4v) is 4.63. The van der Waals surface area contributed by atoms with E-state index in [1.54, 1.807) is 25.1 Å². The molecule has 1 aromatic carbocycles.